The van der Waals surface area contributed by atoms with Gasteiger partial charge in [-0.25, -0.2) is 0 Å². The van der Waals surface area contributed by atoms with E-state index in [0.717, 1.165) is 16.5 Å². The summed E-state index contributed by atoms with van der Waals surface area (Å²) in [4.78, 5) is 29.7. The molecule has 1 aliphatic rings. The molecule has 1 aromatic heterocycles. The maximum Gasteiger partial charge on any atom is 0.265 e. The minimum absolute atomic E-state index is 0.0140. The Morgan fingerprint density at radius 2 is 1.74 bits per heavy atom. The van der Waals surface area contributed by atoms with Crippen LogP contribution < -0.4 is 5.32 Å². The number of amides is 2. The lowest BCUT2D eigenvalue weighted by Gasteiger charge is -2.34. The summed E-state index contributed by atoms with van der Waals surface area (Å²) in [5, 5.41) is 4.94. The van der Waals surface area contributed by atoms with Crippen LogP contribution in [0, 0.1) is 0 Å². The topological polar surface area (TPSA) is 52.7 Å². The Morgan fingerprint density at radius 3 is 2.48 bits per heavy atom. The minimum atomic E-state index is -0.0608. The number of hydrogen-bond donors (Lipinski definition) is 1. The largest absolute Gasteiger partial charge is 0.355 e. The highest BCUT2D eigenvalue weighted by Gasteiger charge is 2.26. The molecular weight excluding hydrogens is 453 g/mol. The van der Waals surface area contributed by atoms with Gasteiger partial charge >= 0.3 is 0 Å². The molecule has 1 N–H and O–H groups in total. The number of thiophene rings is 1. The van der Waals surface area contributed by atoms with Gasteiger partial charge in [0.05, 0.1) is 11.6 Å². The van der Waals surface area contributed by atoms with Crippen molar-refractivity contribution < 1.29 is 9.59 Å². The summed E-state index contributed by atoms with van der Waals surface area (Å²) in [5.41, 5.74) is 1.21. The van der Waals surface area contributed by atoms with Crippen molar-refractivity contribution in [2.75, 3.05) is 39.3 Å². The fourth-order valence-electron chi connectivity index (χ4n) is 3.68. The molecule has 0 bridgehead atoms. The molecule has 1 saturated heterocycles. The summed E-state index contributed by atoms with van der Waals surface area (Å²) in [7, 11) is 0. The van der Waals surface area contributed by atoms with Crippen LogP contribution in [0.4, 0.5) is 0 Å². The van der Waals surface area contributed by atoms with Gasteiger partial charge < -0.3 is 10.2 Å². The van der Waals surface area contributed by atoms with E-state index in [4.69, 9.17) is 23.2 Å². The molecule has 31 heavy (non-hydrogen) atoms. The molecule has 1 aliphatic heterocycles. The van der Waals surface area contributed by atoms with Gasteiger partial charge in [-0.1, -0.05) is 59.6 Å². The zero-order valence-corrected chi connectivity index (χ0v) is 19.3. The molecular formula is C23H23Cl2N3O2S. The molecule has 3 aromatic rings. The molecule has 5 nitrogen and oxygen atoms in total. The lowest BCUT2D eigenvalue weighted by atomic mass is 10.1. The van der Waals surface area contributed by atoms with Gasteiger partial charge in [0.25, 0.3) is 5.91 Å². The lowest BCUT2D eigenvalue weighted by molar-refractivity contribution is -0.122. The SMILES string of the molecule is O=C(CN1CCN(C(=O)c2sc3cc(Cl)ccc3c2Cl)CC1)NCCc1ccccc1. The van der Waals surface area contributed by atoms with Crippen LogP contribution in [-0.4, -0.2) is 60.9 Å². The average molecular weight is 476 g/mol. The second-order valence-corrected chi connectivity index (χ2v) is 9.41. The van der Waals surface area contributed by atoms with Crippen molar-refractivity contribution in [3.05, 3.63) is 69.0 Å². The van der Waals surface area contributed by atoms with Crippen molar-refractivity contribution in [2.45, 2.75) is 6.42 Å². The molecule has 2 heterocycles. The molecule has 0 radical (unpaired) electrons. The molecule has 2 aromatic carbocycles. The molecule has 8 heteroatoms. The first kappa shape index (κ1) is 22.1. The van der Waals surface area contributed by atoms with Crippen LogP contribution in [0.15, 0.2) is 48.5 Å². The van der Waals surface area contributed by atoms with E-state index < -0.39 is 0 Å². The number of hydrogen-bond acceptors (Lipinski definition) is 4. The standard InChI is InChI=1S/C23H23Cl2N3O2S/c24-17-6-7-18-19(14-17)31-22(21(18)25)23(30)28-12-10-27(11-13-28)15-20(29)26-9-8-16-4-2-1-3-5-16/h1-7,14H,8-13,15H2,(H,26,29). The first-order valence-electron chi connectivity index (χ1n) is 10.2. The number of carbonyl (C=O) groups excluding carboxylic acids is 2. The number of rotatable bonds is 6. The molecule has 162 valence electrons. The predicted octanol–water partition coefficient (Wildman–Crippen LogP) is 4.32. The third-order valence-corrected chi connectivity index (χ3v) is 7.27. The van der Waals surface area contributed by atoms with Crippen molar-refractivity contribution in [1.29, 1.82) is 0 Å². The molecule has 1 fully saturated rings. The maximum atomic E-state index is 13.0. The number of benzene rings is 2. The Hall–Kier alpha value is -2.12. The van der Waals surface area contributed by atoms with E-state index >= 15 is 0 Å². The molecule has 4 rings (SSSR count). The smallest absolute Gasteiger partial charge is 0.265 e. The Kier molecular flexibility index (Phi) is 7.13. The van der Waals surface area contributed by atoms with E-state index in [1.165, 1.54) is 16.9 Å². The molecule has 0 aliphatic carbocycles. The highest BCUT2D eigenvalue weighted by atomic mass is 35.5. The van der Waals surface area contributed by atoms with E-state index in [0.29, 0.717) is 54.2 Å². The van der Waals surface area contributed by atoms with Gasteiger partial charge in [-0.2, -0.15) is 0 Å². The van der Waals surface area contributed by atoms with Crippen LogP contribution >= 0.6 is 34.5 Å². The number of halogens is 2. The van der Waals surface area contributed by atoms with Gasteiger partial charge in [0, 0.05) is 47.8 Å². The predicted molar refractivity (Wildman–Crippen MR) is 127 cm³/mol. The Labute approximate surface area is 195 Å². The molecule has 0 saturated carbocycles. The first-order valence-corrected chi connectivity index (χ1v) is 11.8. The van der Waals surface area contributed by atoms with E-state index in [9.17, 15) is 9.59 Å². The summed E-state index contributed by atoms with van der Waals surface area (Å²) in [6.07, 6.45) is 0.815. The van der Waals surface area contributed by atoms with Crippen molar-refractivity contribution in [3.63, 3.8) is 0 Å². The fraction of sp³-hybridized carbons (Fsp3) is 0.304. The monoisotopic (exact) mass is 475 g/mol. The summed E-state index contributed by atoms with van der Waals surface area (Å²) < 4.78 is 0.909. The van der Waals surface area contributed by atoms with Crippen LogP contribution in [0.1, 0.15) is 15.2 Å². The Bertz CT molecular complexity index is 1080. The number of nitrogens with one attached hydrogen (secondary N) is 1. The van der Waals surface area contributed by atoms with E-state index in [1.807, 2.05) is 35.2 Å². The Balaban J connectivity index is 1.26. The second kappa shape index (κ2) is 10.0. The summed E-state index contributed by atoms with van der Waals surface area (Å²) in [6, 6.07) is 15.6. The number of fused-ring (bicyclic) bond motifs is 1. The van der Waals surface area contributed by atoms with Crippen LogP contribution in [0.2, 0.25) is 10.0 Å². The van der Waals surface area contributed by atoms with Crippen molar-refractivity contribution in [3.8, 4) is 0 Å². The van der Waals surface area contributed by atoms with Crippen molar-refractivity contribution >= 4 is 56.4 Å². The van der Waals surface area contributed by atoms with E-state index in [1.54, 1.807) is 6.07 Å². The van der Waals surface area contributed by atoms with Gasteiger partial charge in [0.15, 0.2) is 0 Å². The highest BCUT2D eigenvalue weighted by molar-refractivity contribution is 7.21. The van der Waals surface area contributed by atoms with Gasteiger partial charge in [-0.05, 0) is 24.1 Å². The summed E-state index contributed by atoms with van der Waals surface area (Å²) in [5.74, 6) is -0.0468. The number of piperazine rings is 1. The van der Waals surface area contributed by atoms with Crippen molar-refractivity contribution in [1.82, 2.24) is 15.1 Å². The summed E-state index contributed by atoms with van der Waals surface area (Å²) >= 11 is 13.9. The van der Waals surface area contributed by atoms with Gasteiger partial charge in [-0.15, -0.1) is 11.3 Å². The Morgan fingerprint density at radius 1 is 1.00 bits per heavy atom. The average Bonchev–Trinajstić information content (AvgIpc) is 3.10. The normalized spacial score (nSPS) is 14.7. The van der Waals surface area contributed by atoms with Crippen LogP contribution in [0.3, 0.4) is 0 Å². The van der Waals surface area contributed by atoms with Crippen LogP contribution in [-0.2, 0) is 11.2 Å². The minimum Gasteiger partial charge on any atom is -0.355 e. The van der Waals surface area contributed by atoms with Gasteiger partial charge in [0.1, 0.15) is 4.88 Å². The van der Waals surface area contributed by atoms with Crippen molar-refractivity contribution in [2.24, 2.45) is 0 Å². The maximum absolute atomic E-state index is 13.0. The molecule has 0 unspecified atom stereocenters. The zero-order chi connectivity index (χ0) is 21.8. The quantitative estimate of drug-likeness (QED) is 0.577. The number of nitrogens with zero attached hydrogens (tertiary/aromatic N) is 2. The summed E-state index contributed by atoms with van der Waals surface area (Å²) in [6.45, 7) is 3.43. The molecule has 0 spiro atoms. The zero-order valence-electron chi connectivity index (χ0n) is 16.9. The van der Waals surface area contributed by atoms with E-state index in [-0.39, 0.29) is 11.8 Å². The number of carbonyl (C=O) groups is 2. The van der Waals surface area contributed by atoms with Gasteiger partial charge in [0.2, 0.25) is 5.91 Å². The third kappa shape index (κ3) is 5.39. The third-order valence-electron chi connectivity index (χ3n) is 5.39. The second-order valence-electron chi connectivity index (χ2n) is 7.54. The van der Waals surface area contributed by atoms with Crippen LogP contribution in [0.5, 0.6) is 0 Å². The molecule has 0 atom stereocenters. The fourth-order valence-corrected chi connectivity index (χ4v) is 5.44. The first-order chi connectivity index (χ1) is 15.0. The van der Waals surface area contributed by atoms with Crippen LogP contribution in [0.25, 0.3) is 10.1 Å². The van der Waals surface area contributed by atoms with Gasteiger partial charge in [-0.3, -0.25) is 14.5 Å². The highest BCUT2D eigenvalue weighted by Crippen LogP contribution is 2.37. The lowest BCUT2D eigenvalue weighted by Crippen LogP contribution is -2.51. The van der Waals surface area contributed by atoms with E-state index in [2.05, 4.69) is 22.3 Å². The molecule has 2 amide bonds.